The molecule has 0 aliphatic carbocycles. The number of hydrogen-bond acceptors (Lipinski definition) is 1. The van der Waals surface area contributed by atoms with Crippen LogP contribution in [0.25, 0.3) is 0 Å². The molecule has 0 saturated carbocycles. The first-order valence-electron chi connectivity index (χ1n) is 5.51. The Hall–Kier alpha value is -1.65. The van der Waals surface area contributed by atoms with E-state index in [-0.39, 0.29) is 0 Å². The van der Waals surface area contributed by atoms with Crippen molar-refractivity contribution >= 4 is 11.8 Å². The molecular formula is C16H14S. The van der Waals surface area contributed by atoms with Crippen molar-refractivity contribution in [2.24, 2.45) is 0 Å². The van der Waals surface area contributed by atoms with Gasteiger partial charge in [0.1, 0.15) is 0 Å². The first-order chi connectivity index (χ1) is 8.29. The van der Waals surface area contributed by atoms with Crippen molar-refractivity contribution in [3.8, 4) is 11.8 Å². The Morgan fingerprint density at radius 1 is 0.941 bits per heavy atom. The second kappa shape index (κ2) is 5.61. The summed E-state index contributed by atoms with van der Waals surface area (Å²) in [4.78, 5) is 1.24. The highest BCUT2D eigenvalue weighted by Crippen LogP contribution is 2.20. The van der Waals surface area contributed by atoms with Crippen molar-refractivity contribution in [1.29, 1.82) is 0 Å². The van der Waals surface area contributed by atoms with Gasteiger partial charge < -0.3 is 0 Å². The number of hydrogen-bond donors (Lipinski definition) is 0. The molecule has 2 rings (SSSR count). The molecule has 0 fully saturated rings. The minimum atomic E-state index is 1.06. The molecule has 0 heterocycles. The van der Waals surface area contributed by atoms with Crippen molar-refractivity contribution in [3.63, 3.8) is 0 Å². The molecule has 2 aromatic carbocycles. The Kier molecular flexibility index (Phi) is 3.90. The highest BCUT2D eigenvalue weighted by Gasteiger charge is 1.98. The average Bonchev–Trinajstić information content (AvgIpc) is 2.38. The van der Waals surface area contributed by atoms with E-state index in [9.17, 15) is 0 Å². The molecule has 0 radical (unpaired) electrons. The Morgan fingerprint density at radius 3 is 2.41 bits per heavy atom. The molecule has 0 saturated heterocycles. The lowest BCUT2D eigenvalue weighted by molar-refractivity contribution is 1.34. The number of rotatable bonds is 1. The lowest BCUT2D eigenvalue weighted by atomic mass is 10.1. The molecule has 17 heavy (non-hydrogen) atoms. The van der Waals surface area contributed by atoms with Gasteiger partial charge in [-0.1, -0.05) is 36.1 Å². The molecule has 1 heteroatoms. The van der Waals surface area contributed by atoms with Crippen molar-refractivity contribution < 1.29 is 0 Å². The van der Waals surface area contributed by atoms with Crippen LogP contribution in [0, 0.1) is 18.8 Å². The predicted octanol–water partition coefficient (Wildman–Crippen LogP) is 4.12. The maximum absolute atomic E-state index is 3.24. The third kappa shape index (κ3) is 3.15. The van der Waals surface area contributed by atoms with E-state index in [1.807, 2.05) is 30.3 Å². The molecule has 0 aliphatic heterocycles. The molecule has 0 spiro atoms. The van der Waals surface area contributed by atoms with E-state index in [2.05, 4.69) is 43.2 Å². The molecule has 0 aromatic heterocycles. The Balaban J connectivity index is 2.34. The van der Waals surface area contributed by atoms with Crippen LogP contribution in [0.5, 0.6) is 0 Å². The van der Waals surface area contributed by atoms with Crippen LogP contribution >= 0.6 is 11.8 Å². The van der Waals surface area contributed by atoms with Crippen LogP contribution in [-0.2, 0) is 0 Å². The predicted molar refractivity (Wildman–Crippen MR) is 75.4 cm³/mol. The molecule has 0 unspecified atom stereocenters. The number of thioether (sulfide) groups is 1. The third-order valence-corrected chi connectivity index (χ3v) is 3.25. The van der Waals surface area contributed by atoms with Gasteiger partial charge in [0.25, 0.3) is 0 Å². The fraction of sp³-hybridized carbons (Fsp3) is 0.125. The Morgan fingerprint density at radius 2 is 1.71 bits per heavy atom. The summed E-state index contributed by atoms with van der Waals surface area (Å²) in [5.74, 6) is 6.43. The SMILES string of the molecule is CSc1cc(C)ccc1C#Cc1ccccc1. The minimum absolute atomic E-state index is 1.06. The van der Waals surface area contributed by atoms with Gasteiger partial charge in [-0.05, 0) is 43.0 Å². The minimum Gasteiger partial charge on any atom is -0.128 e. The second-order valence-corrected chi connectivity index (χ2v) is 4.67. The maximum atomic E-state index is 3.24. The summed E-state index contributed by atoms with van der Waals surface area (Å²) < 4.78 is 0. The Bertz CT molecular complexity index is 559. The Labute approximate surface area is 107 Å². The summed E-state index contributed by atoms with van der Waals surface area (Å²) in [7, 11) is 0. The van der Waals surface area contributed by atoms with Gasteiger partial charge in [-0.3, -0.25) is 0 Å². The van der Waals surface area contributed by atoms with Crippen molar-refractivity contribution in [3.05, 3.63) is 65.2 Å². The zero-order valence-corrected chi connectivity index (χ0v) is 10.8. The van der Waals surface area contributed by atoms with Crippen molar-refractivity contribution in [2.45, 2.75) is 11.8 Å². The van der Waals surface area contributed by atoms with Gasteiger partial charge in [0.2, 0.25) is 0 Å². The summed E-state index contributed by atoms with van der Waals surface area (Å²) in [6.45, 7) is 2.11. The van der Waals surface area contributed by atoms with E-state index in [1.54, 1.807) is 11.8 Å². The van der Waals surface area contributed by atoms with Crippen LogP contribution in [0.4, 0.5) is 0 Å². The van der Waals surface area contributed by atoms with E-state index in [0.717, 1.165) is 11.1 Å². The van der Waals surface area contributed by atoms with E-state index < -0.39 is 0 Å². The van der Waals surface area contributed by atoms with Crippen LogP contribution in [0.1, 0.15) is 16.7 Å². The van der Waals surface area contributed by atoms with Crippen LogP contribution in [0.15, 0.2) is 53.4 Å². The van der Waals surface area contributed by atoms with Crippen LogP contribution in [-0.4, -0.2) is 6.26 Å². The zero-order chi connectivity index (χ0) is 12.1. The highest BCUT2D eigenvalue weighted by molar-refractivity contribution is 7.98. The topological polar surface area (TPSA) is 0 Å². The summed E-state index contributed by atoms with van der Waals surface area (Å²) in [5, 5.41) is 0. The summed E-state index contributed by atoms with van der Waals surface area (Å²) in [5.41, 5.74) is 3.44. The van der Waals surface area contributed by atoms with Crippen LogP contribution in [0.3, 0.4) is 0 Å². The van der Waals surface area contributed by atoms with Crippen molar-refractivity contribution in [2.75, 3.05) is 6.26 Å². The van der Waals surface area contributed by atoms with E-state index in [0.29, 0.717) is 0 Å². The molecule has 0 N–H and O–H groups in total. The zero-order valence-electron chi connectivity index (χ0n) is 10.0. The van der Waals surface area contributed by atoms with E-state index in [1.165, 1.54) is 10.5 Å². The largest absolute Gasteiger partial charge is 0.128 e. The summed E-state index contributed by atoms with van der Waals surface area (Å²) in [6.07, 6.45) is 2.09. The molecule has 0 amide bonds. The van der Waals surface area contributed by atoms with E-state index >= 15 is 0 Å². The average molecular weight is 238 g/mol. The van der Waals surface area contributed by atoms with Crippen LogP contribution in [0.2, 0.25) is 0 Å². The van der Waals surface area contributed by atoms with Gasteiger partial charge in [-0.15, -0.1) is 11.8 Å². The van der Waals surface area contributed by atoms with E-state index in [4.69, 9.17) is 0 Å². The molecule has 0 atom stereocenters. The van der Waals surface area contributed by atoms with Gasteiger partial charge in [-0.2, -0.15) is 0 Å². The van der Waals surface area contributed by atoms with Crippen LogP contribution < -0.4 is 0 Å². The fourth-order valence-electron chi connectivity index (χ4n) is 1.56. The lowest BCUT2D eigenvalue weighted by Crippen LogP contribution is -1.82. The lowest BCUT2D eigenvalue weighted by Gasteiger charge is -2.01. The van der Waals surface area contributed by atoms with Gasteiger partial charge in [0, 0.05) is 16.0 Å². The maximum Gasteiger partial charge on any atom is 0.0385 e. The smallest absolute Gasteiger partial charge is 0.0385 e. The third-order valence-electron chi connectivity index (χ3n) is 2.47. The summed E-state index contributed by atoms with van der Waals surface area (Å²) >= 11 is 1.74. The number of aryl methyl sites for hydroxylation is 1. The quantitative estimate of drug-likeness (QED) is 0.532. The molecule has 84 valence electrons. The standard InChI is InChI=1S/C16H14S/c1-13-8-10-15(16(12-13)17-2)11-9-14-6-4-3-5-7-14/h3-8,10,12H,1-2H3. The molecule has 0 aliphatic rings. The molecule has 2 aromatic rings. The second-order valence-electron chi connectivity index (χ2n) is 3.82. The number of benzene rings is 2. The molecule has 0 nitrogen and oxygen atoms in total. The van der Waals surface area contributed by atoms with Gasteiger partial charge in [-0.25, -0.2) is 0 Å². The summed E-state index contributed by atoms with van der Waals surface area (Å²) in [6, 6.07) is 16.5. The molecule has 0 bridgehead atoms. The first-order valence-corrected chi connectivity index (χ1v) is 6.74. The highest BCUT2D eigenvalue weighted by atomic mass is 32.2. The van der Waals surface area contributed by atoms with Gasteiger partial charge >= 0.3 is 0 Å². The normalized spacial score (nSPS) is 9.53. The first kappa shape index (κ1) is 11.8. The fourth-order valence-corrected chi connectivity index (χ4v) is 2.21. The molecular weight excluding hydrogens is 224 g/mol. The van der Waals surface area contributed by atoms with Gasteiger partial charge in [0.15, 0.2) is 0 Å². The van der Waals surface area contributed by atoms with Crippen molar-refractivity contribution in [1.82, 2.24) is 0 Å². The monoisotopic (exact) mass is 238 g/mol. The van der Waals surface area contributed by atoms with Gasteiger partial charge in [0.05, 0.1) is 0 Å².